The predicted molar refractivity (Wildman–Crippen MR) is 105 cm³/mol. The van der Waals surface area contributed by atoms with Crippen LogP contribution in [-0.2, 0) is 26.0 Å². The minimum absolute atomic E-state index is 0.117. The first-order chi connectivity index (χ1) is 13.0. The Hall–Kier alpha value is -1.00. The van der Waals surface area contributed by atoms with Gasteiger partial charge in [-0.2, -0.15) is 0 Å². The Labute approximate surface area is 168 Å². The van der Waals surface area contributed by atoms with Crippen LogP contribution in [0.4, 0.5) is 5.69 Å². The summed E-state index contributed by atoms with van der Waals surface area (Å²) in [5.74, 6) is 0.242. The van der Waals surface area contributed by atoms with E-state index in [1.165, 1.54) is 0 Å². The number of carbonyl (C=O) groups excluding carboxylic acids is 1. The average molecular weight is 458 g/mol. The lowest BCUT2D eigenvalue weighted by molar-refractivity contribution is -0.119. The number of rotatable bonds is 6. The fourth-order valence-corrected chi connectivity index (χ4v) is 5.74. The molecule has 0 bridgehead atoms. The standard InChI is InChI=1S/C18H24BrN3O4S/c19-15-11-14-3-5-22(18(23)13-1-2-13)16(14)12-17(15)27(24,25)20-4-6-21-7-9-26-10-8-21/h11-13,20H,1-10H2. The highest BCUT2D eigenvalue weighted by Crippen LogP contribution is 2.39. The van der Waals surface area contributed by atoms with Gasteiger partial charge in [0.05, 0.1) is 18.1 Å². The third-order valence-electron chi connectivity index (χ3n) is 5.33. The molecule has 0 aromatic heterocycles. The Morgan fingerprint density at radius 2 is 1.96 bits per heavy atom. The van der Waals surface area contributed by atoms with Gasteiger partial charge < -0.3 is 9.64 Å². The second-order valence-corrected chi connectivity index (χ2v) is 9.87. The molecule has 1 amide bonds. The molecular weight excluding hydrogens is 434 g/mol. The molecule has 0 unspecified atom stereocenters. The van der Waals surface area contributed by atoms with Crippen molar-refractivity contribution in [2.75, 3.05) is 50.8 Å². The van der Waals surface area contributed by atoms with E-state index in [9.17, 15) is 13.2 Å². The quantitative estimate of drug-likeness (QED) is 0.697. The van der Waals surface area contributed by atoms with Crippen molar-refractivity contribution in [3.05, 3.63) is 22.2 Å². The molecule has 3 aliphatic rings. The largest absolute Gasteiger partial charge is 0.379 e. The molecule has 1 aromatic rings. The molecule has 1 saturated heterocycles. The minimum atomic E-state index is -3.66. The van der Waals surface area contributed by atoms with Gasteiger partial charge in [-0.15, -0.1) is 0 Å². The highest BCUT2D eigenvalue weighted by atomic mass is 79.9. The van der Waals surface area contributed by atoms with Gasteiger partial charge in [0.1, 0.15) is 0 Å². The van der Waals surface area contributed by atoms with E-state index in [1.54, 1.807) is 11.0 Å². The molecular formula is C18H24BrN3O4S. The Bertz CT molecular complexity index is 835. The van der Waals surface area contributed by atoms with Crippen molar-refractivity contribution in [3.63, 3.8) is 0 Å². The number of nitrogens with one attached hydrogen (secondary N) is 1. The van der Waals surface area contributed by atoms with Crippen LogP contribution in [0, 0.1) is 5.92 Å². The summed E-state index contributed by atoms with van der Waals surface area (Å²) in [5, 5.41) is 0. The number of anilines is 1. The molecule has 1 aromatic carbocycles. The number of amides is 1. The van der Waals surface area contributed by atoms with E-state index in [2.05, 4.69) is 25.6 Å². The summed E-state index contributed by atoms with van der Waals surface area (Å²) in [6.45, 7) is 4.64. The van der Waals surface area contributed by atoms with E-state index in [0.29, 0.717) is 37.3 Å². The number of morpholine rings is 1. The number of carbonyl (C=O) groups is 1. The molecule has 9 heteroatoms. The van der Waals surface area contributed by atoms with Crippen LogP contribution in [-0.4, -0.2) is 65.2 Å². The molecule has 2 aliphatic heterocycles. The molecule has 148 valence electrons. The smallest absolute Gasteiger partial charge is 0.241 e. The SMILES string of the molecule is O=C(C1CC1)N1CCc2cc(Br)c(S(=O)(=O)NCCN3CCOCC3)cc21. The first kappa shape index (κ1) is 19.3. The summed E-state index contributed by atoms with van der Waals surface area (Å²) in [7, 11) is -3.66. The lowest BCUT2D eigenvalue weighted by Gasteiger charge is -2.26. The molecule has 1 aliphatic carbocycles. The van der Waals surface area contributed by atoms with Gasteiger partial charge in [-0.1, -0.05) is 0 Å². The van der Waals surface area contributed by atoms with E-state index < -0.39 is 10.0 Å². The van der Waals surface area contributed by atoms with Crippen molar-refractivity contribution < 1.29 is 17.9 Å². The van der Waals surface area contributed by atoms with Crippen molar-refractivity contribution in [2.45, 2.75) is 24.2 Å². The van der Waals surface area contributed by atoms with Crippen LogP contribution in [0.3, 0.4) is 0 Å². The second-order valence-electron chi connectivity index (χ2n) is 7.28. The van der Waals surface area contributed by atoms with Crippen molar-refractivity contribution >= 4 is 37.5 Å². The highest BCUT2D eigenvalue weighted by molar-refractivity contribution is 9.10. The zero-order chi connectivity index (χ0) is 19.0. The van der Waals surface area contributed by atoms with E-state index >= 15 is 0 Å². The van der Waals surface area contributed by atoms with Crippen LogP contribution in [0.2, 0.25) is 0 Å². The molecule has 0 atom stereocenters. The average Bonchev–Trinajstić information content (AvgIpc) is 3.41. The third kappa shape index (κ3) is 4.22. The van der Waals surface area contributed by atoms with E-state index in [0.717, 1.165) is 43.6 Å². The summed E-state index contributed by atoms with van der Waals surface area (Å²) in [6.07, 6.45) is 2.64. The number of hydrogen-bond donors (Lipinski definition) is 1. The summed E-state index contributed by atoms with van der Waals surface area (Å²) < 4.78 is 34.2. The topological polar surface area (TPSA) is 79.0 Å². The van der Waals surface area contributed by atoms with Gasteiger partial charge in [0.15, 0.2) is 0 Å². The molecule has 1 saturated carbocycles. The number of sulfonamides is 1. The number of benzene rings is 1. The van der Waals surface area contributed by atoms with E-state index in [4.69, 9.17) is 4.74 Å². The number of ether oxygens (including phenoxy) is 1. The van der Waals surface area contributed by atoms with Crippen LogP contribution in [0.25, 0.3) is 0 Å². The normalized spacial score (nSPS) is 20.7. The van der Waals surface area contributed by atoms with Gasteiger partial charge in [0.2, 0.25) is 15.9 Å². The highest BCUT2D eigenvalue weighted by Gasteiger charge is 2.37. The molecule has 27 heavy (non-hydrogen) atoms. The Kier molecular flexibility index (Phi) is 5.57. The van der Waals surface area contributed by atoms with Crippen LogP contribution in [0.5, 0.6) is 0 Å². The van der Waals surface area contributed by atoms with Crippen molar-refractivity contribution in [1.82, 2.24) is 9.62 Å². The molecule has 7 nitrogen and oxygen atoms in total. The number of halogens is 1. The van der Waals surface area contributed by atoms with Crippen LogP contribution in [0.15, 0.2) is 21.5 Å². The minimum Gasteiger partial charge on any atom is -0.379 e. The monoisotopic (exact) mass is 457 g/mol. The number of hydrogen-bond acceptors (Lipinski definition) is 5. The third-order valence-corrected chi connectivity index (χ3v) is 7.75. The molecule has 2 fully saturated rings. The molecule has 1 N–H and O–H groups in total. The number of fused-ring (bicyclic) bond motifs is 1. The zero-order valence-electron chi connectivity index (χ0n) is 15.1. The van der Waals surface area contributed by atoms with E-state index in [1.807, 2.05) is 6.07 Å². The first-order valence-electron chi connectivity index (χ1n) is 9.39. The zero-order valence-corrected chi connectivity index (χ0v) is 17.5. The van der Waals surface area contributed by atoms with Crippen LogP contribution < -0.4 is 9.62 Å². The molecule has 0 radical (unpaired) electrons. The van der Waals surface area contributed by atoms with Gasteiger partial charge in [0.25, 0.3) is 0 Å². The van der Waals surface area contributed by atoms with Crippen molar-refractivity contribution in [3.8, 4) is 0 Å². The van der Waals surface area contributed by atoms with Gasteiger partial charge >= 0.3 is 0 Å². The van der Waals surface area contributed by atoms with Gasteiger partial charge in [0, 0.05) is 48.8 Å². The van der Waals surface area contributed by atoms with E-state index in [-0.39, 0.29) is 16.7 Å². The Balaban J connectivity index is 1.48. The lowest BCUT2D eigenvalue weighted by Crippen LogP contribution is -2.41. The maximum Gasteiger partial charge on any atom is 0.241 e. The maximum absolute atomic E-state index is 12.8. The fraction of sp³-hybridized carbons (Fsp3) is 0.611. The summed E-state index contributed by atoms with van der Waals surface area (Å²) >= 11 is 3.40. The van der Waals surface area contributed by atoms with Crippen LogP contribution in [0.1, 0.15) is 18.4 Å². The lowest BCUT2D eigenvalue weighted by atomic mass is 10.2. The van der Waals surface area contributed by atoms with Gasteiger partial charge in [-0.05, 0) is 52.9 Å². The fourth-order valence-electron chi connectivity index (χ4n) is 3.61. The Morgan fingerprint density at radius 1 is 1.22 bits per heavy atom. The summed E-state index contributed by atoms with van der Waals surface area (Å²) in [6, 6.07) is 3.48. The molecule has 0 spiro atoms. The predicted octanol–water partition coefficient (Wildman–Crippen LogP) is 1.36. The van der Waals surface area contributed by atoms with Crippen LogP contribution >= 0.6 is 15.9 Å². The maximum atomic E-state index is 12.8. The van der Waals surface area contributed by atoms with Crippen molar-refractivity contribution in [1.29, 1.82) is 0 Å². The Morgan fingerprint density at radius 3 is 2.67 bits per heavy atom. The molecule has 4 rings (SSSR count). The summed E-state index contributed by atoms with van der Waals surface area (Å²) in [4.78, 5) is 16.6. The molecule has 2 heterocycles. The summed E-state index contributed by atoms with van der Waals surface area (Å²) in [5.41, 5.74) is 1.76. The number of nitrogens with zero attached hydrogens (tertiary/aromatic N) is 2. The first-order valence-corrected chi connectivity index (χ1v) is 11.7. The van der Waals surface area contributed by atoms with Crippen molar-refractivity contribution in [2.24, 2.45) is 5.92 Å². The van der Waals surface area contributed by atoms with Gasteiger partial charge in [-0.3, -0.25) is 9.69 Å². The van der Waals surface area contributed by atoms with Gasteiger partial charge in [-0.25, -0.2) is 13.1 Å². The second kappa shape index (κ2) is 7.79.